The summed E-state index contributed by atoms with van der Waals surface area (Å²) in [6.45, 7) is 0.508. The van der Waals surface area contributed by atoms with Crippen molar-refractivity contribution in [3.63, 3.8) is 0 Å². The fraction of sp³-hybridized carbons (Fsp3) is 0.0952. The minimum absolute atomic E-state index is 0.508. The molecule has 0 unspecified atom stereocenters. The molecular weight excluding hydrogens is 282 g/mol. The summed E-state index contributed by atoms with van der Waals surface area (Å²) in [5.74, 6) is 0. The molecule has 0 atom stereocenters. The maximum Gasteiger partial charge on any atom is 0.212 e. The van der Waals surface area contributed by atoms with Crippen molar-refractivity contribution >= 4 is 5.71 Å². The lowest BCUT2D eigenvalue weighted by Crippen LogP contribution is -2.25. The normalized spacial score (nSPS) is 16.1. The number of benzene rings is 3. The number of nitrogens with zero attached hydrogens (tertiary/aromatic N) is 1. The van der Waals surface area contributed by atoms with Gasteiger partial charge in [0.25, 0.3) is 0 Å². The predicted octanol–water partition coefficient (Wildman–Crippen LogP) is 4.41. The molecule has 0 aliphatic carbocycles. The summed E-state index contributed by atoms with van der Waals surface area (Å²) in [6, 6.07) is 30.7. The van der Waals surface area contributed by atoms with Crippen LogP contribution in [0.15, 0.2) is 96.0 Å². The van der Waals surface area contributed by atoms with Crippen LogP contribution in [-0.2, 0) is 10.5 Å². The molecule has 0 radical (unpaired) electrons. The van der Waals surface area contributed by atoms with E-state index in [9.17, 15) is 0 Å². The van der Waals surface area contributed by atoms with Crippen molar-refractivity contribution in [3.8, 4) is 0 Å². The third kappa shape index (κ3) is 2.47. The molecule has 3 aromatic carbocycles. The van der Waals surface area contributed by atoms with Crippen molar-refractivity contribution in [2.75, 3.05) is 6.61 Å². The molecule has 23 heavy (non-hydrogen) atoms. The number of aliphatic imine (C=N–C) groups is 1. The molecule has 0 bridgehead atoms. The Morgan fingerprint density at radius 2 is 1.13 bits per heavy atom. The molecule has 3 aromatic rings. The van der Waals surface area contributed by atoms with Gasteiger partial charge in [0, 0.05) is 11.1 Å². The molecule has 0 saturated carbocycles. The Hall–Kier alpha value is -2.71. The van der Waals surface area contributed by atoms with E-state index < -0.39 is 5.72 Å². The largest absolute Gasteiger partial charge is 0.339 e. The highest BCUT2D eigenvalue weighted by Crippen LogP contribution is 2.39. The van der Waals surface area contributed by atoms with Gasteiger partial charge in [0.05, 0.1) is 12.3 Å². The first-order valence-electron chi connectivity index (χ1n) is 7.78. The Bertz CT molecular complexity index is 771. The van der Waals surface area contributed by atoms with E-state index in [1.54, 1.807) is 0 Å². The van der Waals surface area contributed by atoms with Gasteiger partial charge in [0.2, 0.25) is 5.72 Å². The summed E-state index contributed by atoms with van der Waals surface area (Å²) < 4.78 is 6.28. The first-order valence-corrected chi connectivity index (χ1v) is 7.78. The van der Waals surface area contributed by atoms with E-state index in [1.165, 1.54) is 0 Å². The molecule has 0 fully saturated rings. The smallest absolute Gasteiger partial charge is 0.212 e. The van der Waals surface area contributed by atoms with Crippen molar-refractivity contribution in [1.29, 1.82) is 0 Å². The Labute approximate surface area is 136 Å². The van der Waals surface area contributed by atoms with E-state index >= 15 is 0 Å². The quantitative estimate of drug-likeness (QED) is 0.702. The maximum atomic E-state index is 6.28. The van der Waals surface area contributed by atoms with Crippen molar-refractivity contribution in [1.82, 2.24) is 0 Å². The minimum Gasteiger partial charge on any atom is -0.339 e. The van der Waals surface area contributed by atoms with Gasteiger partial charge in [0.1, 0.15) is 0 Å². The van der Waals surface area contributed by atoms with E-state index in [2.05, 4.69) is 36.4 Å². The third-order valence-corrected chi connectivity index (χ3v) is 4.15. The SMILES string of the molecule is c1ccc(C2=NC(c3ccccc3)(c3ccccc3)OC2)cc1. The molecule has 0 saturated heterocycles. The van der Waals surface area contributed by atoms with Crippen LogP contribution >= 0.6 is 0 Å². The van der Waals surface area contributed by atoms with Gasteiger partial charge in [-0.25, -0.2) is 4.99 Å². The highest BCUT2D eigenvalue weighted by Gasteiger charge is 2.39. The van der Waals surface area contributed by atoms with Gasteiger partial charge in [0.15, 0.2) is 0 Å². The molecular formula is C21H17NO. The lowest BCUT2D eigenvalue weighted by Gasteiger charge is -2.26. The predicted molar refractivity (Wildman–Crippen MR) is 92.6 cm³/mol. The summed E-state index contributed by atoms with van der Waals surface area (Å²) in [4.78, 5) is 5.02. The molecule has 112 valence electrons. The summed E-state index contributed by atoms with van der Waals surface area (Å²) in [5.41, 5.74) is 3.45. The number of rotatable bonds is 3. The van der Waals surface area contributed by atoms with Crippen LogP contribution in [0.1, 0.15) is 16.7 Å². The summed E-state index contributed by atoms with van der Waals surface area (Å²) >= 11 is 0. The van der Waals surface area contributed by atoms with Crippen molar-refractivity contribution < 1.29 is 4.74 Å². The van der Waals surface area contributed by atoms with Crippen LogP contribution < -0.4 is 0 Å². The van der Waals surface area contributed by atoms with Gasteiger partial charge >= 0.3 is 0 Å². The van der Waals surface area contributed by atoms with Crippen LogP contribution in [0.3, 0.4) is 0 Å². The van der Waals surface area contributed by atoms with Crippen LogP contribution in [0, 0.1) is 0 Å². The Morgan fingerprint density at radius 3 is 1.65 bits per heavy atom. The van der Waals surface area contributed by atoms with Gasteiger partial charge in [-0.15, -0.1) is 0 Å². The van der Waals surface area contributed by atoms with Gasteiger partial charge in [-0.05, 0) is 5.56 Å². The molecule has 2 heteroatoms. The first kappa shape index (κ1) is 13.9. The second-order valence-electron chi connectivity index (χ2n) is 5.59. The average Bonchev–Trinajstić information content (AvgIpc) is 3.11. The molecule has 1 heterocycles. The summed E-state index contributed by atoms with van der Waals surface area (Å²) in [6.07, 6.45) is 0. The monoisotopic (exact) mass is 299 g/mol. The lowest BCUT2D eigenvalue weighted by atomic mass is 9.95. The zero-order valence-electron chi connectivity index (χ0n) is 12.7. The fourth-order valence-corrected chi connectivity index (χ4v) is 3.00. The topological polar surface area (TPSA) is 21.6 Å². The molecule has 1 aliphatic rings. The molecule has 1 aliphatic heterocycles. The van der Waals surface area contributed by atoms with Crippen molar-refractivity contribution in [2.45, 2.75) is 5.72 Å². The standard InChI is InChI=1S/C21H17NO/c1-4-10-17(11-5-1)20-16-23-21(22-20,18-12-6-2-7-13-18)19-14-8-3-9-15-19/h1-15H,16H2. The van der Waals surface area contributed by atoms with Crippen LogP contribution in [0.5, 0.6) is 0 Å². The van der Waals surface area contributed by atoms with Gasteiger partial charge in [-0.1, -0.05) is 91.0 Å². The highest BCUT2D eigenvalue weighted by atomic mass is 16.5. The Morgan fingerprint density at radius 1 is 0.652 bits per heavy atom. The van der Waals surface area contributed by atoms with Gasteiger partial charge in [-0.3, -0.25) is 0 Å². The van der Waals surface area contributed by atoms with Gasteiger partial charge in [-0.2, -0.15) is 0 Å². The zero-order valence-corrected chi connectivity index (χ0v) is 12.7. The van der Waals surface area contributed by atoms with Crippen molar-refractivity contribution in [2.24, 2.45) is 4.99 Å². The summed E-state index contributed by atoms with van der Waals surface area (Å²) in [5, 5.41) is 0. The molecule has 0 aromatic heterocycles. The lowest BCUT2D eigenvalue weighted by molar-refractivity contribution is 0.0319. The first-order chi connectivity index (χ1) is 11.4. The molecule has 2 nitrogen and oxygen atoms in total. The Kier molecular flexibility index (Phi) is 3.52. The minimum atomic E-state index is -0.756. The zero-order chi connectivity index (χ0) is 15.5. The summed E-state index contributed by atoms with van der Waals surface area (Å²) in [7, 11) is 0. The van der Waals surface area contributed by atoms with E-state index in [0.29, 0.717) is 6.61 Å². The van der Waals surface area contributed by atoms with Crippen LogP contribution in [0.4, 0.5) is 0 Å². The highest BCUT2D eigenvalue weighted by molar-refractivity contribution is 6.03. The number of hydrogen-bond donors (Lipinski definition) is 0. The van der Waals surface area contributed by atoms with E-state index in [-0.39, 0.29) is 0 Å². The van der Waals surface area contributed by atoms with E-state index in [4.69, 9.17) is 9.73 Å². The molecule has 0 spiro atoms. The van der Waals surface area contributed by atoms with E-state index in [0.717, 1.165) is 22.4 Å². The van der Waals surface area contributed by atoms with Crippen molar-refractivity contribution in [3.05, 3.63) is 108 Å². The second kappa shape index (κ2) is 5.82. The van der Waals surface area contributed by atoms with E-state index in [1.807, 2.05) is 54.6 Å². The molecule has 4 rings (SSSR count). The number of hydrogen-bond acceptors (Lipinski definition) is 2. The van der Waals surface area contributed by atoms with Crippen LogP contribution in [-0.4, -0.2) is 12.3 Å². The maximum absolute atomic E-state index is 6.28. The second-order valence-corrected chi connectivity index (χ2v) is 5.59. The average molecular weight is 299 g/mol. The van der Waals surface area contributed by atoms with Crippen LogP contribution in [0.25, 0.3) is 0 Å². The molecule has 0 N–H and O–H groups in total. The fourth-order valence-electron chi connectivity index (χ4n) is 3.00. The molecule has 0 amide bonds. The Balaban J connectivity index is 1.87. The third-order valence-electron chi connectivity index (χ3n) is 4.15. The van der Waals surface area contributed by atoms with Gasteiger partial charge < -0.3 is 4.74 Å². The number of ether oxygens (including phenoxy) is 1. The van der Waals surface area contributed by atoms with Crippen LogP contribution in [0.2, 0.25) is 0 Å².